The monoisotopic (exact) mass is 437 g/mol. The van der Waals surface area contributed by atoms with Crippen LogP contribution in [0.5, 0.6) is 6.01 Å². The van der Waals surface area contributed by atoms with E-state index in [2.05, 4.69) is 15.3 Å². The number of fused-ring (bicyclic) bond motifs is 2. The van der Waals surface area contributed by atoms with Crippen molar-refractivity contribution in [1.29, 1.82) is 0 Å². The van der Waals surface area contributed by atoms with Gasteiger partial charge >= 0.3 is 0 Å². The van der Waals surface area contributed by atoms with Gasteiger partial charge < -0.3 is 29.6 Å². The average Bonchev–Trinajstić information content (AvgIpc) is 3.39. The number of nitrogens with zero attached hydrogens (tertiary/aromatic N) is 1. The van der Waals surface area contributed by atoms with Gasteiger partial charge in [-0.3, -0.25) is 0 Å². The highest BCUT2D eigenvalue weighted by Gasteiger charge is 2.48. The highest BCUT2D eigenvalue weighted by Crippen LogP contribution is 2.32. The Morgan fingerprint density at radius 3 is 2.77 bits per heavy atom. The standard InChI is InChI=1S/C20H18ClF2N3O4/c21-10-4-14-15(5-13(10)24-6-9-11(22)2-1-3-12(9)23)26-20(25-14)30-17-8-29-18-16(27)7-28-19(17)18/h1-5,16-19,24,27H,6-8H2,(H,25,26)/t16-,17-,18-,19?/m1/s1. The van der Waals surface area contributed by atoms with Gasteiger partial charge in [0.15, 0.2) is 6.10 Å². The molecule has 3 N–H and O–H groups in total. The number of anilines is 1. The topological polar surface area (TPSA) is 88.6 Å². The van der Waals surface area contributed by atoms with Crippen molar-refractivity contribution < 1.29 is 28.1 Å². The van der Waals surface area contributed by atoms with Gasteiger partial charge in [0.1, 0.15) is 29.9 Å². The summed E-state index contributed by atoms with van der Waals surface area (Å²) < 4.78 is 44.6. The quantitative estimate of drug-likeness (QED) is 0.568. The van der Waals surface area contributed by atoms with Crippen molar-refractivity contribution >= 4 is 28.3 Å². The first kappa shape index (κ1) is 19.5. The van der Waals surface area contributed by atoms with E-state index in [1.807, 2.05) is 0 Å². The zero-order chi connectivity index (χ0) is 20.8. The third kappa shape index (κ3) is 3.47. The Kier molecular flexibility index (Phi) is 4.98. The first-order valence-electron chi connectivity index (χ1n) is 9.43. The predicted octanol–water partition coefficient (Wildman–Crippen LogP) is 3.01. The van der Waals surface area contributed by atoms with E-state index in [4.69, 9.17) is 25.8 Å². The molecule has 158 valence electrons. The van der Waals surface area contributed by atoms with E-state index in [0.29, 0.717) is 21.7 Å². The molecule has 5 rings (SSSR count). The molecule has 7 nitrogen and oxygen atoms in total. The zero-order valence-electron chi connectivity index (χ0n) is 15.6. The zero-order valence-corrected chi connectivity index (χ0v) is 16.3. The average molecular weight is 438 g/mol. The number of hydrogen-bond acceptors (Lipinski definition) is 6. The lowest BCUT2D eigenvalue weighted by atomic mass is 10.1. The Hall–Kier alpha value is -2.46. The molecule has 0 radical (unpaired) electrons. The van der Waals surface area contributed by atoms with Crippen LogP contribution in [-0.2, 0) is 16.0 Å². The molecule has 30 heavy (non-hydrogen) atoms. The van der Waals surface area contributed by atoms with Crippen LogP contribution in [0.25, 0.3) is 11.0 Å². The number of aliphatic hydroxyl groups excluding tert-OH is 1. The van der Waals surface area contributed by atoms with Gasteiger partial charge in [-0.25, -0.2) is 8.78 Å². The fourth-order valence-electron chi connectivity index (χ4n) is 3.77. The summed E-state index contributed by atoms with van der Waals surface area (Å²) in [7, 11) is 0. The maximum Gasteiger partial charge on any atom is 0.295 e. The van der Waals surface area contributed by atoms with Crippen molar-refractivity contribution in [3.63, 3.8) is 0 Å². The number of H-pyrrole nitrogens is 1. The molecule has 2 aromatic carbocycles. The van der Waals surface area contributed by atoms with Crippen molar-refractivity contribution in [3.8, 4) is 6.01 Å². The molecule has 1 aromatic heterocycles. The van der Waals surface area contributed by atoms with E-state index >= 15 is 0 Å². The molecule has 0 bridgehead atoms. The summed E-state index contributed by atoms with van der Waals surface area (Å²) in [5.74, 6) is -1.27. The van der Waals surface area contributed by atoms with Crippen LogP contribution in [0.3, 0.4) is 0 Å². The molecule has 0 saturated carbocycles. The van der Waals surface area contributed by atoms with Crippen LogP contribution in [-0.4, -0.2) is 52.7 Å². The van der Waals surface area contributed by atoms with Crippen LogP contribution in [0, 0.1) is 11.6 Å². The minimum atomic E-state index is -0.661. The Labute approximate surface area is 174 Å². The number of hydrogen-bond donors (Lipinski definition) is 3. The van der Waals surface area contributed by atoms with E-state index in [1.165, 1.54) is 18.2 Å². The molecule has 10 heteroatoms. The normalized spacial score (nSPS) is 25.6. The van der Waals surface area contributed by atoms with Crippen LogP contribution in [0.2, 0.25) is 5.02 Å². The second-order valence-corrected chi connectivity index (χ2v) is 7.67. The molecule has 3 aromatic rings. The second kappa shape index (κ2) is 7.66. The third-order valence-electron chi connectivity index (χ3n) is 5.31. The SMILES string of the molecule is O[C@@H]1COC2[C@H](Oc3nc4cc(NCc5c(F)cccc5F)c(Cl)cc4[nH]3)CO[C@@H]21. The van der Waals surface area contributed by atoms with E-state index < -0.39 is 29.9 Å². The van der Waals surface area contributed by atoms with Gasteiger partial charge in [-0.2, -0.15) is 4.98 Å². The smallest absolute Gasteiger partial charge is 0.295 e. The van der Waals surface area contributed by atoms with Crippen molar-refractivity contribution in [2.24, 2.45) is 0 Å². The van der Waals surface area contributed by atoms with E-state index in [9.17, 15) is 13.9 Å². The third-order valence-corrected chi connectivity index (χ3v) is 5.62. The number of halogens is 3. The maximum absolute atomic E-state index is 13.8. The van der Waals surface area contributed by atoms with Crippen LogP contribution in [0.1, 0.15) is 5.56 Å². The first-order chi connectivity index (χ1) is 14.5. The summed E-state index contributed by atoms with van der Waals surface area (Å²) in [6, 6.07) is 7.30. The molecule has 4 atom stereocenters. The van der Waals surface area contributed by atoms with Gasteiger partial charge in [-0.05, 0) is 24.3 Å². The Morgan fingerprint density at radius 1 is 1.20 bits per heavy atom. The fourth-order valence-corrected chi connectivity index (χ4v) is 4.00. The van der Waals surface area contributed by atoms with Crippen molar-refractivity contribution in [3.05, 3.63) is 52.6 Å². The van der Waals surface area contributed by atoms with Crippen molar-refractivity contribution in [2.75, 3.05) is 18.5 Å². The molecule has 2 fully saturated rings. The van der Waals surface area contributed by atoms with Crippen LogP contribution >= 0.6 is 11.6 Å². The highest BCUT2D eigenvalue weighted by atomic mass is 35.5. The summed E-state index contributed by atoms with van der Waals surface area (Å²) in [4.78, 5) is 7.44. The minimum Gasteiger partial charge on any atom is -0.456 e. The number of aromatic nitrogens is 2. The number of ether oxygens (including phenoxy) is 3. The Morgan fingerprint density at radius 2 is 1.97 bits per heavy atom. The molecule has 0 aliphatic carbocycles. The maximum atomic E-state index is 13.8. The molecule has 0 spiro atoms. The number of aromatic amines is 1. The largest absolute Gasteiger partial charge is 0.456 e. The van der Waals surface area contributed by atoms with Gasteiger partial charge in [0.2, 0.25) is 0 Å². The molecule has 2 saturated heterocycles. The van der Waals surface area contributed by atoms with Gasteiger partial charge in [0, 0.05) is 12.1 Å². The Bertz CT molecular complexity index is 1080. The molecular weight excluding hydrogens is 420 g/mol. The second-order valence-electron chi connectivity index (χ2n) is 7.26. The lowest BCUT2D eigenvalue weighted by Crippen LogP contribution is -2.34. The van der Waals surface area contributed by atoms with Crippen LogP contribution in [0.4, 0.5) is 14.5 Å². The molecule has 2 aliphatic rings. The highest BCUT2D eigenvalue weighted by molar-refractivity contribution is 6.34. The van der Waals surface area contributed by atoms with Gasteiger partial charge in [0.05, 0.1) is 35.0 Å². The predicted molar refractivity (Wildman–Crippen MR) is 105 cm³/mol. The molecular formula is C20H18ClF2N3O4. The number of rotatable bonds is 5. The van der Waals surface area contributed by atoms with Gasteiger partial charge in [0.25, 0.3) is 6.01 Å². The van der Waals surface area contributed by atoms with E-state index in [0.717, 1.165) is 0 Å². The molecule has 1 unspecified atom stereocenters. The molecule has 2 aliphatic heterocycles. The summed E-state index contributed by atoms with van der Waals surface area (Å²) in [6.45, 7) is 0.424. The fraction of sp³-hybridized carbons (Fsp3) is 0.350. The van der Waals surface area contributed by atoms with E-state index in [1.54, 1.807) is 12.1 Å². The molecule has 3 heterocycles. The number of benzene rings is 2. The number of aliphatic hydroxyl groups is 1. The Balaban J connectivity index is 1.33. The number of nitrogens with one attached hydrogen (secondary N) is 2. The number of imidazole rings is 1. The molecule has 0 amide bonds. The summed E-state index contributed by atoms with van der Waals surface area (Å²) in [5, 5.41) is 13.1. The van der Waals surface area contributed by atoms with Crippen molar-refractivity contribution in [2.45, 2.75) is 31.0 Å². The first-order valence-corrected chi connectivity index (χ1v) is 9.81. The minimum absolute atomic E-state index is 0.0698. The van der Waals surface area contributed by atoms with Gasteiger partial charge in [-0.1, -0.05) is 17.7 Å². The lowest BCUT2D eigenvalue weighted by Gasteiger charge is -2.15. The van der Waals surface area contributed by atoms with E-state index in [-0.39, 0.29) is 37.4 Å². The van der Waals surface area contributed by atoms with Crippen LogP contribution < -0.4 is 10.1 Å². The summed E-state index contributed by atoms with van der Waals surface area (Å²) in [5.41, 5.74) is 1.61. The summed E-state index contributed by atoms with van der Waals surface area (Å²) in [6.07, 6.45) is -1.82. The van der Waals surface area contributed by atoms with Gasteiger partial charge in [-0.15, -0.1) is 0 Å². The lowest BCUT2D eigenvalue weighted by molar-refractivity contribution is 0.00706. The van der Waals surface area contributed by atoms with Crippen LogP contribution in [0.15, 0.2) is 30.3 Å². The summed E-state index contributed by atoms with van der Waals surface area (Å²) >= 11 is 6.31. The van der Waals surface area contributed by atoms with Crippen molar-refractivity contribution in [1.82, 2.24) is 9.97 Å².